The highest BCUT2D eigenvalue weighted by atomic mass is 32.2. The summed E-state index contributed by atoms with van der Waals surface area (Å²) in [6.07, 6.45) is 0. The first-order chi connectivity index (χ1) is 9.28. The molecule has 1 aromatic heterocycles. The Bertz CT molecular complexity index is 590. The average Bonchev–Trinajstić information content (AvgIpc) is 2.86. The first-order valence-electron chi connectivity index (χ1n) is 5.75. The Morgan fingerprint density at radius 1 is 1.35 bits per heavy atom. The molecule has 0 bridgehead atoms. The second-order valence-electron chi connectivity index (χ2n) is 3.89. The first-order valence-corrected chi connectivity index (χ1v) is 7.19. The van der Waals surface area contributed by atoms with Gasteiger partial charge >= 0.3 is 5.97 Å². The van der Waals surface area contributed by atoms with Gasteiger partial charge in [0.05, 0.1) is 6.61 Å². The van der Waals surface area contributed by atoms with Crippen LogP contribution in [0.1, 0.15) is 17.5 Å². The Kier molecular flexibility index (Phi) is 5.28. The normalized spacial score (nSPS) is 11.4. The summed E-state index contributed by atoms with van der Waals surface area (Å²) in [6.45, 7) is 1.54. The number of rotatable bonds is 6. The minimum Gasteiger partial charge on any atom is -0.465 e. The van der Waals surface area contributed by atoms with Crippen LogP contribution in [0.4, 0.5) is 0 Å². The van der Waals surface area contributed by atoms with E-state index in [9.17, 15) is 18.0 Å². The molecule has 0 spiro atoms. The van der Waals surface area contributed by atoms with E-state index in [-0.39, 0.29) is 24.0 Å². The minimum absolute atomic E-state index is 0.199. The molecule has 0 aliphatic heterocycles. The number of amides is 1. The van der Waals surface area contributed by atoms with Gasteiger partial charge < -0.3 is 14.5 Å². The number of ether oxygens (including phenoxy) is 1. The maximum atomic E-state index is 11.7. The van der Waals surface area contributed by atoms with E-state index in [0.717, 1.165) is 4.31 Å². The largest absolute Gasteiger partial charge is 0.465 e. The van der Waals surface area contributed by atoms with Crippen molar-refractivity contribution in [2.45, 2.75) is 12.0 Å². The topological polar surface area (TPSA) is 106 Å². The quantitative estimate of drug-likeness (QED) is 0.731. The van der Waals surface area contributed by atoms with Crippen LogP contribution in [0.25, 0.3) is 0 Å². The molecule has 0 radical (unpaired) electrons. The maximum absolute atomic E-state index is 11.7. The van der Waals surface area contributed by atoms with Crippen molar-refractivity contribution in [1.29, 1.82) is 0 Å². The lowest BCUT2D eigenvalue weighted by atomic mass is 10.4. The lowest BCUT2D eigenvalue weighted by molar-refractivity contribution is -0.141. The number of furan rings is 1. The third kappa shape index (κ3) is 3.81. The van der Waals surface area contributed by atoms with Gasteiger partial charge in [0.1, 0.15) is 6.54 Å². The lowest BCUT2D eigenvalue weighted by Crippen LogP contribution is -2.30. The van der Waals surface area contributed by atoms with Gasteiger partial charge in [-0.15, -0.1) is 0 Å². The number of carbonyl (C=O) groups excluding carboxylic acids is 2. The van der Waals surface area contributed by atoms with E-state index in [1.54, 1.807) is 6.92 Å². The molecule has 1 aromatic rings. The fourth-order valence-electron chi connectivity index (χ4n) is 1.21. The fraction of sp³-hybridized carbons (Fsp3) is 0.455. The Labute approximate surface area is 116 Å². The molecule has 0 aliphatic carbocycles. The first kappa shape index (κ1) is 16.2. The summed E-state index contributed by atoms with van der Waals surface area (Å²) in [6, 6.07) is 2.39. The minimum atomic E-state index is -3.73. The van der Waals surface area contributed by atoms with Crippen molar-refractivity contribution in [3.8, 4) is 0 Å². The van der Waals surface area contributed by atoms with Gasteiger partial charge in [0.15, 0.2) is 5.76 Å². The van der Waals surface area contributed by atoms with Gasteiger partial charge in [-0.2, -0.15) is 0 Å². The molecule has 1 amide bonds. The Hall–Kier alpha value is -1.87. The highest BCUT2D eigenvalue weighted by molar-refractivity contribution is 7.88. The maximum Gasteiger partial charge on any atom is 0.325 e. The van der Waals surface area contributed by atoms with Crippen LogP contribution < -0.4 is 5.32 Å². The number of carbonyl (C=O) groups is 2. The van der Waals surface area contributed by atoms with Crippen molar-refractivity contribution < 1.29 is 27.2 Å². The second kappa shape index (κ2) is 6.53. The molecule has 20 heavy (non-hydrogen) atoms. The zero-order chi connectivity index (χ0) is 15.3. The van der Waals surface area contributed by atoms with E-state index < -0.39 is 21.9 Å². The summed E-state index contributed by atoms with van der Waals surface area (Å²) in [4.78, 5) is 22.7. The summed E-state index contributed by atoms with van der Waals surface area (Å²) in [5, 5.41) is 1.92. The van der Waals surface area contributed by atoms with Gasteiger partial charge in [0.25, 0.3) is 15.9 Å². The number of nitrogens with zero attached hydrogens (tertiary/aromatic N) is 1. The van der Waals surface area contributed by atoms with Crippen molar-refractivity contribution in [2.24, 2.45) is 0 Å². The van der Waals surface area contributed by atoms with E-state index in [1.807, 2.05) is 0 Å². The van der Waals surface area contributed by atoms with E-state index in [1.165, 1.54) is 26.2 Å². The van der Waals surface area contributed by atoms with Gasteiger partial charge in [-0.1, -0.05) is 0 Å². The smallest absolute Gasteiger partial charge is 0.325 e. The number of sulfonamides is 1. The molecule has 0 unspecified atom stereocenters. The Balaban J connectivity index is 2.73. The summed E-state index contributed by atoms with van der Waals surface area (Å²) in [7, 11) is -1.04. The number of nitrogens with one attached hydrogen (secondary N) is 1. The predicted molar refractivity (Wildman–Crippen MR) is 68.5 cm³/mol. The molecule has 0 fully saturated rings. The van der Waals surface area contributed by atoms with Crippen LogP contribution in [0, 0.1) is 0 Å². The summed E-state index contributed by atoms with van der Waals surface area (Å²) >= 11 is 0. The van der Waals surface area contributed by atoms with Gasteiger partial charge in [0.2, 0.25) is 5.09 Å². The summed E-state index contributed by atoms with van der Waals surface area (Å²) in [5.74, 6) is -1.48. The van der Waals surface area contributed by atoms with Crippen LogP contribution in [0.2, 0.25) is 0 Å². The van der Waals surface area contributed by atoms with Gasteiger partial charge in [-0.25, -0.2) is 12.7 Å². The van der Waals surface area contributed by atoms with Crippen molar-refractivity contribution in [2.75, 3.05) is 27.2 Å². The molecular formula is C11H16N2O6S. The second-order valence-corrected chi connectivity index (χ2v) is 5.98. The van der Waals surface area contributed by atoms with Crippen molar-refractivity contribution >= 4 is 21.9 Å². The van der Waals surface area contributed by atoms with Crippen LogP contribution >= 0.6 is 0 Å². The predicted octanol–water partition coefficient (Wildman–Crippen LogP) is -0.177. The standard InChI is InChI=1S/C11H16N2O6S/c1-4-18-9(14)7-12-11(15)8-5-6-10(19-8)20(16,17)13(2)3/h5-6H,4,7H2,1-3H3,(H,12,15). The third-order valence-electron chi connectivity index (χ3n) is 2.24. The molecule has 112 valence electrons. The van der Waals surface area contributed by atoms with E-state index in [4.69, 9.17) is 4.42 Å². The van der Waals surface area contributed by atoms with Crippen molar-refractivity contribution in [1.82, 2.24) is 9.62 Å². The Morgan fingerprint density at radius 3 is 2.55 bits per heavy atom. The van der Waals surface area contributed by atoms with Crippen LogP contribution in [0.15, 0.2) is 21.6 Å². The van der Waals surface area contributed by atoms with Crippen LogP contribution in [-0.4, -0.2) is 51.8 Å². The molecule has 0 saturated heterocycles. The lowest BCUT2D eigenvalue weighted by Gasteiger charge is -2.07. The third-order valence-corrected chi connectivity index (χ3v) is 3.93. The molecule has 1 rings (SSSR count). The number of hydrogen-bond donors (Lipinski definition) is 1. The highest BCUT2D eigenvalue weighted by Gasteiger charge is 2.23. The van der Waals surface area contributed by atoms with Gasteiger partial charge in [-0.3, -0.25) is 9.59 Å². The number of hydrogen-bond acceptors (Lipinski definition) is 6. The molecule has 0 saturated carbocycles. The summed E-state index contributed by atoms with van der Waals surface area (Å²) in [5.41, 5.74) is 0. The molecule has 8 nitrogen and oxygen atoms in total. The van der Waals surface area contributed by atoms with Crippen molar-refractivity contribution in [3.05, 3.63) is 17.9 Å². The molecule has 0 atom stereocenters. The van der Waals surface area contributed by atoms with E-state index in [0.29, 0.717) is 0 Å². The molecule has 1 N–H and O–H groups in total. The fourth-order valence-corrected chi connectivity index (χ4v) is 2.01. The van der Waals surface area contributed by atoms with E-state index >= 15 is 0 Å². The van der Waals surface area contributed by atoms with Gasteiger partial charge in [0, 0.05) is 14.1 Å². The van der Waals surface area contributed by atoms with Crippen LogP contribution in [-0.2, 0) is 19.6 Å². The molecule has 0 aliphatic rings. The Morgan fingerprint density at radius 2 is 2.00 bits per heavy atom. The molecular weight excluding hydrogens is 288 g/mol. The zero-order valence-corrected chi connectivity index (χ0v) is 12.2. The van der Waals surface area contributed by atoms with Gasteiger partial charge in [-0.05, 0) is 19.1 Å². The van der Waals surface area contributed by atoms with Crippen LogP contribution in [0.5, 0.6) is 0 Å². The zero-order valence-electron chi connectivity index (χ0n) is 11.4. The molecule has 9 heteroatoms. The van der Waals surface area contributed by atoms with Crippen LogP contribution in [0.3, 0.4) is 0 Å². The summed E-state index contributed by atoms with van der Waals surface area (Å²) < 4.78 is 34.1. The average molecular weight is 304 g/mol. The molecule has 0 aromatic carbocycles. The van der Waals surface area contributed by atoms with Crippen molar-refractivity contribution in [3.63, 3.8) is 0 Å². The van der Waals surface area contributed by atoms with E-state index in [2.05, 4.69) is 10.1 Å². The SMILES string of the molecule is CCOC(=O)CNC(=O)c1ccc(S(=O)(=O)N(C)C)o1. The monoisotopic (exact) mass is 304 g/mol. The molecule has 1 heterocycles. The highest BCUT2D eigenvalue weighted by Crippen LogP contribution is 2.16. The number of esters is 1.